The average Bonchev–Trinajstić information content (AvgIpc) is 2.50. The second-order valence-corrected chi connectivity index (χ2v) is 4.80. The first-order valence-electron chi connectivity index (χ1n) is 6.70. The molecule has 0 aliphatic rings. The van der Waals surface area contributed by atoms with Crippen LogP contribution in [0.15, 0.2) is 36.4 Å². The van der Waals surface area contributed by atoms with Gasteiger partial charge in [-0.15, -0.1) is 0 Å². The number of carboxylic acids is 1. The van der Waals surface area contributed by atoms with Crippen LogP contribution in [-0.4, -0.2) is 36.2 Å². The van der Waals surface area contributed by atoms with Crippen molar-refractivity contribution in [1.29, 1.82) is 0 Å². The highest BCUT2D eigenvalue weighted by atomic mass is 16.6. The van der Waals surface area contributed by atoms with Gasteiger partial charge in [0.05, 0.1) is 11.1 Å². The number of benzene rings is 1. The summed E-state index contributed by atoms with van der Waals surface area (Å²) in [5.41, 5.74) is 0.146. The van der Waals surface area contributed by atoms with Crippen molar-refractivity contribution in [2.24, 2.45) is 5.92 Å². The fraction of sp³-hybridized carbons (Fsp3) is 0.312. The van der Waals surface area contributed by atoms with Crippen LogP contribution in [0.3, 0.4) is 0 Å². The van der Waals surface area contributed by atoms with Gasteiger partial charge in [0.25, 0.3) is 0 Å². The first kappa shape index (κ1) is 17.4. The van der Waals surface area contributed by atoms with E-state index in [1.54, 1.807) is 0 Å². The van der Waals surface area contributed by atoms with Gasteiger partial charge in [-0.05, 0) is 18.1 Å². The van der Waals surface area contributed by atoms with E-state index in [9.17, 15) is 14.4 Å². The fourth-order valence-electron chi connectivity index (χ4n) is 1.52. The predicted molar refractivity (Wildman–Crippen MR) is 78.6 cm³/mol. The highest BCUT2D eigenvalue weighted by Crippen LogP contribution is 2.11. The normalized spacial score (nSPS) is 10.1. The predicted octanol–water partition coefficient (Wildman–Crippen LogP) is 2.30. The summed E-state index contributed by atoms with van der Waals surface area (Å²) in [4.78, 5) is 34.3. The standard InChI is InChI=1S/C16H18O6/c1-10(2)11(3)15(19)21-8-9-22-16(20)13-7-5-4-6-12(13)14(17)18/h4-7,10H,3,8-9H2,1-2H3,(H,17,18). The Kier molecular flexibility index (Phi) is 6.31. The third-order valence-corrected chi connectivity index (χ3v) is 2.89. The van der Waals surface area contributed by atoms with Gasteiger partial charge in [-0.2, -0.15) is 0 Å². The lowest BCUT2D eigenvalue weighted by Crippen LogP contribution is -2.18. The molecule has 0 aliphatic heterocycles. The first-order chi connectivity index (χ1) is 10.3. The van der Waals surface area contributed by atoms with E-state index in [1.165, 1.54) is 24.3 Å². The Bertz CT molecular complexity index is 588. The molecule has 6 nitrogen and oxygen atoms in total. The third kappa shape index (κ3) is 4.73. The Hall–Kier alpha value is -2.63. The quantitative estimate of drug-likeness (QED) is 0.472. The smallest absolute Gasteiger partial charge is 0.339 e. The molecule has 0 spiro atoms. The molecule has 118 valence electrons. The maximum Gasteiger partial charge on any atom is 0.339 e. The van der Waals surface area contributed by atoms with Gasteiger partial charge in [-0.1, -0.05) is 32.6 Å². The van der Waals surface area contributed by atoms with Crippen molar-refractivity contribution in [3.8, 4) is 0 Å². The zero-order valence-corrected chi connectivity index (χ0v) is 12.5. The highest BCUT2D eigenvalue weighted by molar-refractivity contribution is 6.02. The lowest BCUT2D eigenvalue weighted by atomic mass is 10.1. The topological polar surface area (TPSA) is 89.9 Å². The van der Waals surface area contributed by atoms with Crippen LogP contribution in [0.4, 0.5) is 0 Å². The molecule has 0 radical (unpaired) electrons. The van der Waals surface area contributed by atoms with Crippen LogP contribution < -0.4 is 0 Å². The minimum atomic E-state index is -1.22. The summed E-state index contributed by atoms with van der Waals surface area (Å²) in [6.07, 6.45) is 0. The molecule has 0 saturated heterocycles. The average molecular weight is 306 g/mol. The minimum absolute atomic E-state index is 0.0301. The van der Waals surface area contributed by atoms with Gasteiger partial charge in [0, 0.05) is 5.57 Å². The van der Waals surface area contributed by atoms with E-state index in [1.807, 2.05) is 13.8 Å². The summed E-state index contributed by atoms with van der Waals surface area (Å²) in [6.45, 7) is 6.94. The van der Waals surface area contributed by atoms with Crippen LogP contribution in [0, 0.1) is 5.92 Å². The minimum Gasteiger partial charge on any atom is -0.478 e. The maximum absolute atomic E-state index is 11.8. The SMILES string of the molecule is C=C(C(=O)OCCOC(=O)c1ccccc1C(=O)O)C(C)C. The second-order valence-electron chi connectivity index (χ2n) is 4.80. The lowest BCUT2D eigenvalue weighted by molar-refractivity contribution is -0.140. The number of carbonyl (C=O) groups is 3. The second kappa shape index (κ2) is 7.97. The number of aromatic carboxylic acids is 1. The molecule has 0 amide bonds. The van der Waals surface area contributed by atoms with Gasteiger partial charge in [0.2, 0.25) is 0 Å². The largest absolute Gasteiger partial charge is 0.478 e. The van der Waals surface area contributed by atoms with Crippen molar-refractivity contribution in [3.63, 3.8) is 0 Å². The van der Waals surface area contributed by atoms with Crippen molar-refractivity contribution in [1.82, 2.24) is 0 Å². The molecule has 0 fully saturated rings. The maximum atomic E-state index is 11.8. The van der Waals surface area contributed by atoms with Crippen LogP contribution in [0.25, 0.3) is 0 Å². The van der Waals surface area contributed by atoms with E-state index < -0.39 is 17.9 Å². The van der Waals surface area contributed by atoms with E-state index in [2.05, 4.69) is 6.58 Å². The number of esters is 2. The number of hydrogen-bond acceptors (Lipinski definition) is 5. The van der Waals surface area contributed by atoms with Crippen molar-refractivity contribution >= 4 is 17.9 Å². The summed E-state index contributed by atoms with van der Waals surface area (Å²) < 4.78 is 9.80. The molecule has 1 N–H and O–H groups in total. The van der Waals surface area contributed by atoms with Crippen molar-refractivity contribution in [2.75, 3.05) is 13.2 Å². The number of carbonyl (C=O) groups excluding carboxylic acids is 2. The third-order valence-electron chi connectivity index (χ3n) is 2.89. The van der Waals surface area contributed by atoms with Crippen LogP contribution >= 0.6 is 0 Å². The van der Waals surface area contributed by atoms with Crippen LogP contribution in [0.2, 0.25) is 0 Å². The van der Waals surface area contributed by atoms with Gasteiger partial charge in [-0.3, -0.25) is 0 Å². The van der Waals surface area contributed by atoms with Crippen molar-refractivity contribution in [3.05, 3.63) is 47.5 Å². The zero-order chi connectivity index (χ0) is 16.7. The van der Waals surface area contributed by atoms with E-state index in [0.29, 0.717) is 5.57 Å². The van der Waals surface area contributed by atoms with E-state index in [4.69, 9.17) is 14.6 Å². The van der Waals surface area contributed by atoms with Crippen LogP contribution in [0.1, 0.15) is 34.6 Å². The van der Waals surface area contributed by atoms with E-state index in [0.717, 1.165) is 0 Å². The number of ether oxygens (including phenoxy) is 2. The summed E-state index contributed by atoms with van der Waals surface area (Å²) in [5.74, 6) is -2.57. The fourth-order valence-corrected chi connectivity index (χ4v) is 1.52. The highest BCUT2D eigenvalue weighted by Gasteiger charge is 2.17. The molecule has 0 aliphatic carbocycles. The van der Waals surface area contributed by atoms with Gasteiger partial charge in [0.1, 0.15) is 13.2 Å². The Morgan fingerprint density at radius 1 is 1.09 bits per heavy atom. The molecule has 0 bridgehead atoms. The molecular weight excluding hydrogens is 288 g/mol. The van der Waals surface area contributed by atoms with Crippen molar-refractivity contribution in [2.45, 2.75) is 13.8 Å². The number of carboxylic acid groups (broad SMARTS) is 1. The molecule has 0 heterocycles. The molecule has 1 aromatic carbocycles. The monoisotopic (exact) mass is 306 g/mol. The first-order valence-corrected chi connectivity index (χ1v) is 6.70. The summed E-state index contributed by atoms with van der Waals surface area (Å²) in [6, 6.07) is 5.72. The Morgan fingerprint density at radius 3 is 2.18 bits per heavy atom. The molecule has 22 heavy (non-hydrogen) atoms. The number of rotatable bonds is 7. The summed E-state index contributed by atoms with van der Waals surface area (Å²) >= 11 is 0. The lowest BCUT2D eigenvalue weighted by Gasteiger charge is -2.10. The molecular formula is C16H18O6. The van der Waals surface area contributed by atoms with Gasteiger partial charge in [0.15, 0.2) is 0 Å². The molecule has 0 atom stereocenters. The number of hydrogen-bond donors (Lipinski definition) is 1. The Balaban J connectivity index is 2.50. The van der Waals surface area contributed by atoms with E-state index >= 15 is 0 Å². The van der Waals surface area contributed by atoms with Gasteiger partial charge >= 0.3 is 17.9 Å². The molecule has 0 saturated carbocycles. The molecule has 1 rings (SSSR count). The molecule has 6 heteroatoms. The summed E-state index contributed by atoms with van der Waals surface area (Å²) in [5, 5.41) is 8.99. The van der Waals surface area contributed by atoms with Crippen molar-refractivity contribution < 1.29 is 29.0 Å². The van der Waals surface area contributed by atoms with E-state index in [-0.39, 0.29) is 30.3 Å². The van der Waals surface area contributed by atoms with Crippen LogP contribution in [0.5, 0.6) is 0 Å². The Labute approximate surface area is 128 Å². The summed E-state index contributed by atoms with van der Waals surface area (Å²) in [7, 11) is 0. The Morgan fingerprint density at radius 2 is 1.64 bits per heavy atom. The van der Waals surface area contributed by atoms with Gasteiger partial charge in [-0.25, -0.2) is 14.4 Å². The molecule has 0 unspecified atom stereocenters. The van der Waals surface area contributed by atoms with Gasteiger partial charge < -0.3 is 14.6 Å². The molecule has 0 aromatic heterocycles. The van der Waals surface area contributed by atoms with Crippen LogP contribution in [-0.2, 0) is 14.3 Å². The molecule has 1 aromatic rings. The zero-order valence-electron chi connectivity index (χ0n) is 12.5.